The Labute approximate surface area is 172 Å². The van der Waals surface area contributed by atoms with Crippen LogP contribution in [0.2, 0.25) is 0 Å². The quantitative estimate of drug-likeness (QED) is 0.562. The normalized spacial score (nSPS) is 10.8. The molecule has 0 aliphatic carbocycles. The first kappa shape index (κ1) is 20.1. The molecule has 0 saturated heterocycles. The molecule has 7 heteroatoms. The molecule has 0 aliphatic heterocycles. The summed E-state index contributed by atoms with van der Waals surface area (Å²) in [6.45, 7) is 6.19. The fourth-order valence-electron chi connectivity index (χ4n) is 2.76. The van der Waals surface area contributed by atoms with Crippen LogP contribution in [0.5, 0.6) is 5.75 Å². The average Bonchev–Trinajstić information content (AvgIpc) is 3.11. The van der Waals surface area contributed by atoms with E-state index in [1.165, 1.54) is 4.90 Å². The van der Waals surface area contributed by atoms with Crippen LogP contribution in [0.15, 0.2) is 45.4 Å². The van der Waals surface area contributed by atoms with Crippen LogP contribution in [0, 0.1) is 20.8 Å². The van der Waals surface area contributed by atoms with E-state index in [-0.39, 0.29) is 19.1 Å². The topological polar surface area (TPSA) is 68.5 Å². The Morgan fingerprint density at radius 2 is 2.00 bits per heavy atom. The third-order valence-corrected chi connectivity index (χ3v) is 4.96. The van der Waals surface area contributed by atoms with Gasteiger partial charge in [-0.05, 0) is 55.7 Å². The molecule has 28 heavy (non-hydrogen) atoms. The van der Waals surface area contributed by atoms with Crippen LogP contribution in [0.4, 0.5) is 0 Å². The molecule has 6 nitrogen and oxygen atoms in total. The lowest BCUT2D eigenvalue weighted by Crippen LogP contribution is -2.31. The van der Waals surface area contributed by atoms with Gasteiger partial charge in [0.2, 0.25) is 11.7 Å². The van der Waals surface area contributed by atoms with Gasteiger partial charge in [-0.15, -0.1) is 0 Å². The van der Waals surface area contributed by atoms with Crippen molar-refractivity contribution in [2.45, 2.75) is 27.3 Å². The van der Waals surface area contributed by atoms with Gasteiger partial charge >= 0.3 is 0 Å². The van der Waals surface area contributed by atoms with E-state index in [0.717, 1.165) is 32.5 Å². The van der Waals surface area contributed by atoms with Crippen molar-refractivity contribution >= 4 is 21.8 Å². The lowest BCUT2D eigenvalue weighted by molar-refractivity contribution is -0.132. The number of benzene rings is 2. The number of ether oxygens (including phenoxy) is 1. The second kappa shape index (κ2) is 8.56. The zero-order valence-corrected chi connectivity index (χ0v) is 17.9. The Morgan fingerprint density at radius 3 is 2.75 bits per heavy atom. The number of halogens is 1. The number of aromatic nitrogens is 2. The Bertz CT molecular complexity index is 1000. The van der Waals surface area contributed by atoms with Crippen LogP contribution < -0.4 is 4.74 Å². The number of rotatable bonds is 6. The summed E-state index contributed by atoms with van der Waals surface area (Å²) in [7, 11) is 1.68. The van der Waals surface area contributed by atoms with E-state index in [9.17, 15) is 4.79 Å². The summed E-state index contributed by atoms with van der Waals surface area (Å²) in [6, 6.07) is 11.7. The standard InChI is InChI=1S/C21H22BrN3O3/c1-13-8-14(2)15(3)18(9-13)27-12-20(26)25(4)11-19-23-21(24-28-19)16-6-5-7-17(22)10-16/h5-10H,11-12H2,1-4H3. The lowest BCUT2D eigenvalue weighted by Gasteiger charge is -2.17. The molecule has 0 saturated carbocycles. The molecule has 0 bridgehead atoms. The second-order valence-electron chi connectivity index (χ2n) is 6.77. The van der Waals surface area contributed by atoms with Crippen molar-refractivity contribution in [3.63, 3.8) is 0 Å². The third-order valence-electron chi connectivity index (χ3n) is 4.46. The van der Waals surface area contributed by atoms with Gasteiger partial charge in [-0.3, -0.25) is 4.79 Å². The van der Waals surface area contributed by atoms with E-state index in [1.807, 2.05) is 51.1 Å². The smallest absolute Gasteiger partial charge is 0.260 e. The van der Waals surface area contributed by atoms with Crippen LogP contribution in [0.1, 0.15) is 22.6 Å². The van der Waals surface area contributed by atoms with Crippen LogP contribution >= 0.6 is 15.9 Å². The summed E-state index contributed by atoms with van der Waals surface area (Å²) < 4.78 is 12.0. The van der Waals surface area contributed by atoms with Crippen molar-refractivity contribution in [3.8, 4) is 17.1 Å². The van der Waals surface area contributed by atoms with Gasteiger partial charge in [0.15, 0.2) is 6.61 Å². The average molecular weight is 444 g/mol. The highest BCUT2D eigenvalue weighted by atomic mass is 79.9. The molecule has 1 aromatic heterocycles. The monoisotopic (exact) mass is 443 g/mol. The predicted octanol–water partition coefficient (Wildman–Crippen LogP) is 4.46. The van der Waals surface area contributed by atoms with Gasteiger partial charge in [0.1, 0.15) is 5.75 Å². The minimum atomic E-state index is -0.166. The third kappa shape index (κ3) is 4.78. The van der Waals surface area contributed by atoms with Gasteiger partial charge in [0, 0.05) is 17.1 Å². The molecule has 0 fully saturated rings. The van der Waals surface area contributed by atoms with Crippen LogP contribution in [-0.2, 0) is 11.3 Å². The van der Waals surface area contributed by atoms with Crippen molar-refractivity contribution in [1.29, 1.82) is 0 Å². The largest absolute Gasteiger partial charge is 0.483 e. The maximum Gasteiger partial charge on any atom is 0.260 e. The van der Waals surface area contributed by atoms with Crippen molar-refractivity contribution in [2.24, 2.45) is 0 Å². The molecule has 1 heterocycles. The van der Waals surface area contributed by atoms with E-state index in [0.29, 0.717) is 11.7 Å². The molecule has 3 rings (SSSR count). The fourth-order valence-corrected chi connectivity index (χ4v) is 3.15. The van der Waals surface area contributed by atoms with E-state index in [4.69, 9.17) is 9.26 Å². The summed E-state index contributed by atoms with van der Waals surface area (Å²) in [6.07, 6.45) is 0. The van der Waals surface area contributed by atoms with Crippen LogP contribution in [-0.4, -0.2) is 34.6 Å². The number of carbonyl (C=O) groups excluding carboxylic acids is 1. The van der Waals surface area contributed by atoms with Gasteiger partial charge < -0.3 is 14.2 Å². The van der Waals surface area contributed by atoms with Crippen molar-refractivity contribution in [1.82, 2.24) is 15.0 Å². The number of hydrogen-bond donors (Lipinski definition) is 0. The Morgan fingerprint density at radius 1 is 1.21 bits per heavy atom. The lowest BCUT2D eigenvalue weighted by atomic mass is 10.1. The minimum absolute atomic E-state index is 0.0488. The minimum Gasteiger partial charge on any atom is -0.483 e. The molecular formula is C21H22BrN3O3. The molecule has 0 unspecified atom stereocenters. The summed E-state index contributed by atoms with van der Waals surface area (Å²) in [5, 5.41) is 3.99. The number of nitrogens with zero attached hydrogens (tertiary/aromatic N) is 3. The number of likely N-dealkylation sites (N-methyl/N-ethyl adjacent to an activating group) is 1. The van der Waals surface area contributed by atoms with Crippen LogP contribution in [0.25, 0.3) is 11.4 Å². The first-order valence-electron chi connectivity index (χ1n) is 8.86. The number of carbonyl (C=O) groups is 1. The molecule has 0 radical (unpaired) electrons. The summed E-state index contributed by atoms with van der Waals surface area (Å²) in [5.41, 5.74) is 4.12. The molecule has 2 aromatic carbocycles. The maximum atomic E-state index is 12.4. The molecule has 0 N–H and O–H groups in total. The first-order valence-corrected chi connectivity index (χ1v) is 9.66. The number of amides is 1. The van der Waals surface area contributed by atoms with E-state index in [2.05, 4.69) is 32.1 Å². The predicted molar refractivity (Wildman–Crippen MR) is 110 cm³/mol. The summed E-state index contributed by atoms with van der Waals surface area (Å²) in [4.78, 5) is 18.3. The second-order valence-corrected chi connectivity index (χ2v) is 7.68. The zero-order chi connectivity index (χ0) is 20.3. The van der Waals surface area contributed by atoms with Crippen LogP contribution in [0.3, 0.4) is 0 Å². The first-order chi connectivity index (χ1) is 13.3. The molecule has 0 aliphatic rings. The molecule has 3 aromatic rings. The Balaban J connectivity index is 1.61. The Kier molecular flexibility index (Phi) is 6.14. The Hall–Kier alpha value is -2.67. The van der Waals surface area contributed by atoms with Crippen molar-refractivity contribution in [2.75, 3.05) is 13.7 Å². The van der Waals surface area contributed by atoms with Gasteiger partial charge in [-0.1, -0.05) is 39.3 Å². The van der Waals surface area contributed by atoms with E-state index < -0.39 is 0 Å². The summed E-state index contributed by atoms with van der Waals surface area (Å²) in [5.74, 6) is 1.42. The van der Waals surface area contributed by atoms with Gasteiger partial charge in [-0.2, -0.15) is 4.98 Å². The van der Waals surface area contributed by atoms with Gasteiger partial charge in [-0.25, -0.2) is 0 Å². The van der Waals surface area contributed by atoms with Crippen molar-refractivity contribution < 1.29 is 14.1 Å². The van der Waals surface area contributed by atoms with Gasteiger partial charge in [0.05, 0.1) is 6.54 Å². The highest BCUT2D eigenvalue weighted by Gasteiger charge is 2.16. The SMILES string of the molecule is Cc1cc(C)c(C)c(OCC(=O)N(C)Cc2nc(-c3cccc(Br)c3)no2)c1. The molecule has 1 amide bonds. The van der Waals surface area contributed by atoms with Crippen molar-refractivity contribution in [3.05, 3.63) is 63.5 Å². The molecule has 146 valence electrons. The highest BCUT2D eigenvalue weighted by molar-refractivity contribution is 9.10. The molecule has 0 spiro atoms. The highest BCUT2D eigenvalue weighted by Crippen LogP contribution is 2.23. The summed E-state index contributed by atoms with van der Waals surface area (Å²) >= 11 is 3.42. The number of hydrogen-bond acceptors (Lipinski definition) is 5. The fraction of sp³-hybridized carbons (Fsp3) is 0.286. The molecular weight excluding hydrogens is 422 g/mol. The number of aryl methyl sites for hydroxylation is 2. The van der Waals surface area contributed by atoms with E-state index in [1.54, 1.807) is 7.05 Å². The molecule has 0 atom stereocenters. The van der Waals surface area contributed by atoms with E-state index >= 15 is 0 Å². The maximum absolute atomic E-state index is 12.4. The zero-order valence-electron chi connectivity index (χ0n) is 16.3. The van der Waals surface area contributed by atoms with Gasteiger partial charge in [0.25, 0.3) is 5.91 Å².